The van der Waals surface area contributed by atoms with Gasteiger partial charge in [0.05, 0.1) is 6.61 Å². The van der Waals surface area contributed by atoms with Crippen LogP contribution in [0.15, 0.2) is 24.3 Å². The number of methoxy groups -OCH3 is 1. The molecule has 0 heterocycles. The molecule has 0 unspecified atom stereocenters. The largest absolute Gasteiger partial charge is 0.383 e. The Labute approximate surface area is 96.2 Å². The molecule has 1 aromatic carbocycles. The Morgan fingerprint density at radius 3 is 2.88 bits per heavy atom. The van der Waals surface area contributed by atoms with E-state index in [-0.39, 0.29) is 5.82 Å². The van der Waals surface area contributed by atoms with Crippen molar-refractivity contribution in [2.75, 3.05) is 45.3 Å². The first-order valence-corrected chi connectivity index (χ1v) is 5.40. The van der Waals surface area contributed by atoms with E-state index in [2.05, 4.69) is 5.32 Å². The summed E-state index contributed by atoms with van der Waals surface area (Å²) in [4.78, 5) is 2.02. The molecular weight excluding hydrogens is 207 g/mol. The molecule has 0 radical (unpaired) electrons. The lowest BCUT2D eigenvalue weighted by Gasteiger charge is -2.19. The molecule has 0 aromatic heterocycles. The molecule has 0 saturated heterocycles. The fourth-order valence-corrected chi connectivity index (χ4v) is 1.39. The van der Waals surface area contributed by atoms with E-state index in [9.17, 15) is 4.39 Å². The molecular formula is C12H19FN2O. The minimum atomic E-state index is -0.198. The van der Waals surface area contributed by atoms with E-state index in [1.165, 1.54) is 12.1 Å². The molecule has 1 aromatic rings. The maximum atomic E-state index is 13.0. The van der Waals surface area contributed by atoms with Gasteiger partial charge in [0, 0.05) is 39.5 Å². The van der Waals surface area contributed by atoms with E-state index in [1.54, 1.807) is 13.2 Å². The zero-order valence-corrected chi connectivity index (χ0v) is 9.87. The number of nitrogens with zero attached hydrogens (tertiary/aromatic N) is 1. The van der Waals surface area contributed by atoms with Crippen LogP contribution >= 0.6 is 0 Å². The summed E-state index contributed by atoms with van der Waals surface area (Å²) >= 11 is 0. The lowest BCUT2D eigenvalue weighted by Crippen LogP contribution is -2.30. The number of rotatable bonds is 7. The van der Waals surface area contributed by atoms with E-state index in [0.717, 1.165) is 25.3 Å². The highest BCUT2D eigenvalue weighted by atomic mass is 19.1. The third-order valence-corrected chi connectivity index (χ3v) is 2.36. The van der Waals surface area contributed by atoms with Gasteiger partial charge in [0.1, 0.15) is 5.82 Å². The van der Waals surface area contributed by atoms with Crippen LogP contribution in [0, 0.1) is 5.82 Å². The minimum absolute atomic E-state index is 0.198. The molecule has 0 bridgehead atoms. The summed E-state index contributed by atoms with van der Waals surface area (Å²) in [5, 5.41) is 3.24. The maximum absolute atomic E-state index is 13.0. The second-order valence-corrected chi connectivity index (χ2v) is 3.64. The van der Waals surface area contributed by atoms with Crippen LogP contribution in [0.25, 0.3) is 0 Å². The maximum Gasteiger partial charge on any atom is 0.125 e. The first-order valence-electron chi connectivity index (χ1n) is 5.40. The predicted octanol–water partition coefficient (Wildman–Crippen LogP) is 1.50. The normalized spacial score (nSPS) is 10.4. The summed E-state index contributed by atoms with van der Waals surface area (Å²) in [7, 11) is 3.63. The molecule has 0 saturated carbocycles. The third-order valence-electron chi connectivity index (χ3n) is 2.36. The van der Waals surface area contributed by atoms with Gasteiger partial charge in [-0.1, -0.05) is 6.07 Å². The van der Waals surface area contributed by atoms with Crippen LogP contribution in [0.2, 0.25) is 0 Å². The second kappa shape index (κ2) is 7.19. The molecule has 0 spiro atoms. The van der Waals surface area contributed by atoms with Gasteiger partial charge in [0.25, 0.3) is 0 Å². The first kappa shape index (κ1) is 12.9. The van der Waals surface area contributed by atoms with Crippen molar-refractivity contribution in [2.24, 2.45) is 0 Å². The quantitative estimate of drug-likeness (QED) is 0.713. The van der Waals surface area contributed by atoms with Crippen molar-refractivity contribution in [2.45, 2.75) is 0 Å². The molecule has 0 amide bonds. The number of halogens is 1. The van der Waals surface area contributed by atoms with Crippen molar-refractivity contribution in [1.82, 2.24) is 5.32 Å². The third kappa shape index (κ3) is 4.59. The number of hydrogen-bond donors (Lipinski definition) is 1. The number of ether oxygens (including phenoxy) is 1. The van der Waals surface area contributed by atoms with Crippen LogP contribution in [0.1, 0.15) is 0 Å². The summed E-state index contributed by atoms with van der Waals surface area (Å²) in [5.41, 5.74) is 0.897. The minimum Gasteiger partial charge on any atom is -0.383 e. The molecule has 0 aliphatic rings. The molecule has 90 valence electrons. The van der Waals surface area contributed by atoms with Crippen LogP contribution in [-0.2, 0) is 4.74 Å². The average Bonchev–Trinajstić information content (AvgIpc) is 2.28. The van der Waals surface area contributed by atoms with Crippen LogP contribution in [0.4, 0.5) is 10.1 Å². The van der Waals surface area contributed by atoms with Gasteiger partial charge in [0.15, 0.2) is 0 Å². The van der Waals surface area contributed by atoms with Crippen LogP contribution in [-0.4, -0.2) is 40.4 Å². The predicted molar refractivity (Wildman–Crippen MR) is 64.4 cm³/mol. The lowest BCUT2D eigenvalue weighted by molar-refractivity contribution is 0.200. The Kier molecular flexibility index (Phi) is 5.82. The molecule has 1 rings (SSSR count). The van der Waals surface area contributed by atoms with Crippen molar-refractivity contribution >= 4 is 5.69 Å². The van der Waals surface area contributed by atoms with E-state index in [0.29, 0.717) is 6.61 Å². The molecule has 0 aliphatic heterocycles. The van der Waals surface area contributed by atoms with Gasteiger partial charge in [-0.3, -0.25) is 0 Å². The Morgan fingerprint density at radius 1 is 1.38 bits per heavy atom. The Bertz CT molecular complexity index is 307. The van der Waals surface area contributed by atoms with E-state index in [4.69, 9.17) is 4.74 Å². The smallest absolute Gasteiger partial charge is 0.125 e. The van der Waals surface area contributed by atoms with Gasteiger partial charge >= 0.3 is 0 Å². The number of anilines is 1. The summed E-state index contributed by atoms with van der Waals surface area (Å²) in [6.45, 7) is 3.25. The summed E-state index contributed by atoms with van der Waals surface area (Å²) in [6.07, 6.45) is 0. The van der Waals surface area contributed by atoms with Gasteiger partial charge in [-0.2, -0.15) is 0 Å². The standard InChI is InChI=1S/C12H19FN2O/c1-15(8-6-14-7-9-16-2)12-5-3-4-11(13)10-12/h3-5,10,14H,6-9H2,1-2H3. The van der Waals surface area contributed by atoms with Crippen molar-refractivity contribution in [3.8, 4) is 0 Å². The Balaban J connectivity index is 2.27. The Morgan fingerprint density at radius 2 is 2.19 bits per heavy atom. The van der Waals surface area contributed by atoms with Gasteiger partial charge in [0.2, 0.25) is 0 Å². The Hall–Kier alpha value is -1.13. The highest BCUT2D eigenvalue weighted by Gasteiger charge is 2.00. The van der Waals surface area contributed by atoms with Crippen LogP contribution < -0.4 is 10.2 Å². The zero-order chi connectivity index (χ0) is 11.8. The molecule has 4 heteroatoms. The molecule has 16 heavy (non-hydrogen) atoms. The SMILES string of the molecule is COCCNCCN(C)c1cccc(F)c1. The molecule has 0 aliphatic carbocycles. The first-order chi connectivity index (χ1) is 7.74. The fraction of sp³-hybridized carbons (Fsp3) is 0.500. The fourth-order valence-electron chi connectivity index (χ4n) is 1.39. The molecule has 0 atom stereocenters. The summed E-state index contributed by atoms with van der Waals surface area (Å²) in [5.74, 6) is -0.198. The second-order valence-electron chi connectivity index (χ2n) is 3.64. The van der Waals surface area contributed by atoms with E-state index >= 15 is 0 Å². The molecule has 0 fully saturated rings. The summed E-state index contributed by atoms with van der Waals surface area (Å²) < 4.78 is 17.9. The number of nitrogens with one attached hydrogen (secondary N) is 1. The number of hydrogen-bond acceptors (Lipinski definition) is 3. The average molecular weight is 226 g/mol. The van der Waals surface area contributed by atoms with Crippen molar-refractivity contribution in [3.63, 3.8) is 0 Å². The highest BCUT2D eigenvalue weighted by molar-refractivity contribution is 5.45. The molecule has 3 nitrogen and oxygen atoms in total. The topological polar surface area (TPSA) is 24.5 Å². The van der Waals surface area contributed by atoms with Crippen molar-refractivity contribution < 1.29 is 9.13 Å². The van der Waals surface area contributed by atoms with E-state index < -0.39 is 0 Å². The van der Waals surface area contributed by atoms with Crippen molar-refractivity contribution in [3.05, 3.63) is 30.1 Å². The van der Waals surface area contributed by atoms with E-state index in [1.807, 2.05) is 18.0 Å². The van der Waals surface area contributed by atoms with Gasteiger partial charge in [-0.15, -0.1) is 0 Å². The lowest BCUT2D eigenvalue weighted by atomic mass is 10.3. The van der Waals surface area contributed by atoms with Crippen LogP contribution in [0.5, 0.6) is 0 Å². The number of benzene rings is 1. The zero-order valence-electron chi connectivity index (χ0n) is 9.87. The highest BCUT2D eigenvalue weighted by Crippen LogP contribution is 2.12. The molecule has 1 N–H and O–H groups in total. The number of likely N-dealkylation sites (N-methyl/N-ethyl adjacent to an activating group) is 1. The van der Waals surface area contributed by atoms with Gasteiger partial charge < -0.3 is 15.0 Å². The van der Waals surface area contributed by atoms with Gasteiger partial charge in [-0.05, 0) is 18.2 Å². The summed E-state index contributed by atoms with van der Waals surface area (Å²) in [6, 6.07) is 6.61. The van der Waals surface area contributed by atoms with Crippen molar-refractivity contribution in [1.29, 1.82) is 0 Å². The van der Waals surface area contributed by atoms with Crippen LogP contribution in [0.3, 0.4) is 0 Å². The van der Waals surface area contributed by atoms with Gasteiger partial charge in [-0.25, -0.2) is 4.39 Å². The monoisotopic (exact) mass is 226 g/mol.